The molecule has 2 aliphatic rings. The van der Waals surface area contributed by atoms with Crippen LogP contribution in [0.25, 0.3) is 0 Å². The summed E-state index contributed by atoms with van der Waals surface area (Å²) >= 11 is 1.29. The second-order valence-corrected chi connectivity index (χ2v) is 7.68. The summed E-state index contributed by atoms with van der Waals surface area (Å²) in [5.41, 5.74) is -0.565. The van der Waals surface area contributed by atoms with Gasteiger partial charge in [-0.2, -0.15) is 0 Å². The number of carboxylic acid groups (broad SMARTS) is 1. The van der Waals surface area contributed by atoms with Crippen molar-refractivity contribution < 1.29 is 33.8 Å². The van der Waals surface area contributed by atoms with Gasteiger partial charge in [0, 0.05) is 18.2 Å². The molecule has 0 aromatic heterocycles. The third-order valence-electron chi connectivity index (χ3n) is 3.37. The Morgan fingerprint density at radius 3 is 2.52 bits per heavy atom. The Balaban J connectivity index is 2.12. The molecule has 0 aromatic rings. The van der Waals surface area contributed by atoms with Gasteiger partial charge in [-0.15, -0.1) is 11.8 Å². The Bertz CT molecular complexity index is 653. The van der Waals surface area contributed by atoms with E-state index < -0.39 is 41.0 Å². The SMILES string of the molecule is CC(=O)OCC1=C(C(=O)O)N2C(=O)[C@@H](NC(=O)OC(C)(C)C)[C@H]2SC1. The van der Waals surface area contributed by atoms with Crippen molar-refractivity contribution in [2.75, 3.05) is 12.4 Å². The molecule has 2 aliphatic heterocycles. The normalized spacial score (nSPS) is 22.7. The molecule has 0 spiro atoms. The van der Waals surface area contributed by atoms with Crippen LogP contribution in [0.15, 0.2) is 11.3 Å². The highest BCUT2D eigenvalue weighted by Crippen LogP contribution is 2.40. The van der Waals surface area contributed by atoms with E-state index in [1.807, 2.05) is 0 Å². The monoisotopic (exact) mass is 372 g/mol. The number of hydrogen-bond acceptors (Lipinski definition) is 7. The van der Waals surface area contributed by atoms with Gasteiger partial charge in [-0.05, 0) is 20.8 Å². The number of nitrogens with zero attached hydrogens (tertiary/aromatic N) is 1. The quantitative estimate of drug-likeness (QED) is 0.546. The zero-order valence-electron chi connectivity index (χ0n) is 14.3. The molecule has 25 heavy (non-hydrogen) atoms. The zero-order chi connectivity index (χ0) is 18.9. The maximum absolute atomic E-state index is 12.3. The number of rotatable bonds is 4. The first kappa shape index (κ1) is 19.1. The van der Waals surface area contributed by atoms with Gasteiger partial charge < -0.3 is 19.9 Å². The molecule has 2 rings (SSSR count). The summed E-state index contributed by atoms with van der Waals surface area (Å²) in [4.78, 5) is 47.8. The number of fused-ring (bicyclic) bond motifs is 1. The Kier molecular flexibility index (Phi) is 5.31. The van der Waals surface area contributed by atoms with Crippen LogP contribution in [0.4, 0.5) is 4.79 Å². The Labute approximate surface area is 148 Å². The number of carbonyl (C=O) groups is 4. The maximum atomic E-state index is 12.3. The van der Waals surface area contributed by atoms with Crippen LogP contribution in [0, 0.1) is 0 Å². The lowest BCUT2D eigenvalue weighted by molar-refractivity contribution is -0.149. The van der Waals surface area contributed by atoms with E-state index in [0.717, 1.165) is 4.90 Å². The third kappa shape index (κ3) is 4.25. The number of aliphatic carboxylic acids is 1. The van der Waals surface area contributed by atoms with E-state index in [1.54, 1.807) is 20.8 Å². The summed E-state index contributed by atoms with van der Waals surface area (Å²) in [5.74, 6) is -2.09. The molecular weight excluding hydrogens is 352 g/mol. The number of hydrogen-bond donors (Lipinski definition) is 2. The fourth-order valence-corrected chi connectivity index (χ4v) is 3.74. The number of β-lactam (4-membered cyclic amide) rings is 1. The molecule has 9 nitrogen and oxygen atoms in total. The standard InChI is InChI=1S/C15H20N2O7S/c1-7(18)23-5-8-6-25-12-9(16-14(22)24-15(2,3)4)11(19)17(12)10(8)13(20)21/h9,12H,5-6H2,1-4H3,(H,16,22)(H,20,21)/t9-,12-/m1/s1. The molecule has 0 unspecified atom stereocenters. The van der Waals surface area contributed by atoms with E-state index in [1.165, 1.54) is 18.7 Å². The molecule has 2 amide bonds. The molecule has 2 N–H and O–H groups in total. The highest BCUT2D eigenvalue weighted by atomic mass is 32.2. The Morgan fingerprint density at radius 1 is 1.36 bits per heavy atom. The first-order valence-corrected chi connectivity index (χ1v) is 8.59. The smallest absolute Gasteiger partial charge is 0.408 e. The molecule has 0 radical (unpaired) electrons. The Hall–Kier alpha value is -2.23. The van der Waals surface area contributed by atoms with E-state index >= 15 is 0 Å². The van der Waals surface area contributed by atoms with Crippen LogP contribution in [-0.4, -0.2) is 63.3 Å². The van der Waals surface area contributed by atoms with Crippen molar-refractivity contribution in [2.24, 2.45) is 0 Å². The number of esters is 1. The minimum absolute atomic E-state index is 0.190. The predicted octanol–water partition coefficient (Wildman–Crippen LogP) is 0.697. The summed E-state index contributed by atoms with van der Waals surface area (Å²) in [6.07, 6.45) is -0.738. The van der Waals surface area contributed by atoms with Crippen LogP contribution in [0.1, 0.15) is 27.7 Å². The van der Waals surface area contributed by atoms with Crippen molar-refractivity contribution in [3.63, 3.8) is 0 Å². The summed E-state index contributed by atoms with van der Waals surface area (Å²) in [5, 5.41) is 11.4. The van der Waals surface area contributed by atoms with Crippen molar-refractivity contribution in [1.82, 2.24) is 10.2 Å². The molecule has 0 saturated carbocycles. The van der Waals surface area contributed by atoms with Crippen LogP contribution in [0.3, 0.4) is 0 Å². The van der Waals surface area contributed by atoms with Crippen molar-refractivity contribution >= 4 is 35.7 Å². The van der Waals surface area contributed by atoms with Gasteiger partial charge in [0.15, 0.2) is 0 Å². The second-order valence-electron chi connectivity index (χ2n) is 6.57. The molecule has 1 fully saturated rings. The van der Waals surface area contributed by atoms with Crippen molar-refractivity contribution in [2.45, 2.75) is 44.7 Å². The van der Waals surface area contributed by atoms with E-state index in [4.69, 9.17) is 9.47 Å². The highest BCUT2D eigenvalue weighted by molar-refractivity contribution is 8.00. The van der Waals surface area contributed by atoms with E-state index in [0.29, 0.717) is 5.57 Å². The molecule has 2 atom stereocenters. The van der Waals surface area contributed by atoms with Gasteiger partial charge in [-0.1, -0.05) is 0 Å². The molecule has 0 aliphatic carbocycles. The van der Waals surface area contributed by atoms with E-state index in [9.17, 15) is 24.3 Å². The third-order valence-corrected chi connectivity index (χ3v) is 4.71. The van der Waals surface area contributed by atoms with Gasteiger partial charge >= 0.3 is 18.0 Å². The number of thioether (sulfide) groups is 1. The zero-order valence-corrected chi connectivity index (χ0v) is 15.1. The van der Waals surface area contributed by atoms with Gasteiger partial charge in [0.1, 0.15) is 29.3 Å². The van der Waals surface area contributed by atoms with Crippen LogP contribution in [0.2, 0.25) is 0 Å². The number of ether oxygens (including phenoxy) is 2. The van der Waals surface area contributed by atoms with Gasteiger partial charge in [-0.25, -0.2) is 9.59 Å². The number of amides is 2. The van der Waals surface area contributed by atoms with E-state index in [2.05, 4.69) is 5.32 Å². The lowest BCUT2D eigenvalue weighted by Gasteiger charge is -2.49. The fourth-order valence-electron chi connectivity index (χ4n) is 2.42. The molecule has 0 aromatic carbocycles. The number of carbonyl (C=O) groups excluding carboxylic acids is 3. The first-order chi connectivity index (χ1) is 11.5. The number of carboxylic acids is 1. The second kappa shape index (κ2) is 6.95. The lowest BCUT2D eigenvalue weighted by atomic mass is 10.0. The van der Waals surface area contributed by atoms with Crippen molar-refractivity contribution in [3.8, 4) is 0 Å². The lowest BCUT2D eigenvalue weighted by Crippen LogP contribution is -2.70. The molecule has 1 saturated heterocycles. The highest BCUT2D eigenvalue weighted by Gasteiger charge is 2.54. The van der Waals surface area contributed by atoms with Gasteiger partial charge in [-0.3, -0.25) is 14.5 Å². The van der Waals surface area contributed by atoms with Crippen molar-refractivity contribution in [1.29, 1.82) is 0 Å². The molecule has 2 heterocycles. The number of alkyl carbamates (subject to hydrolysis) is 1. The van der Waals surface area contributed by atoms with Gasteiger partial charge in [0.2, 0.25) is 0 Å². The van der Waals surface area contributed by atoms with Crippen LogP contribution < -0.4 is 5.32 Å². The van der Waals surface area contributed by atoms with Gasteiger partial charge in [0.05, 0.1) is 0 Å². The summed E-state index contributed by atoms with van der Waals surface area (Å²) in [6, 6.07) is -0.857. The molecular formula is C15H20N2O7S. The van der Waals surface area contributed by atoms with Gasteiger partial charge in [0.25, 0.3) is 5.91 Å². The van der Waals surface area contributed by atoms with E-state index in [-0.39, 0.29) is 18.1 Å². The largest absolute Gasteiger partial charge is 0.477 e. The topological polar surface area (TPSA) is 122 Å². The fraction of sp³-hybridized carbons (Fsp3) is 0.600. The minimum Gasteiger partial charge on any atom is -0.477 e. The summed E-state index contributed by atoms with van der Waals surface area (Å²) in [7, 11) is 0. The van der Waals surface area contributed by atoms with Crippen LogP contribution in [-0.2, 0) is 23.9 Å². The summed E-state index contributed by atoms with van der Waals surface area (Å²) in [6.45, 7) is 6.12. The molecule has 138 valence electrons. The average molecular weight is 372 g/mol. The maximum Gasteiger partial charge on any atom is 0.408 e. The van der Waals surface area contributed by atoms with Crippen LogP contribution in [0.5, 0.6) is 0 Å². The molecule has 0 bridgehead atoms. The first-order valence-electron chi connectivity index (χ1n) is 7.54. The van der Waals surface area contributed by atoms with Crippen LogP contribution >= 0.6 is 11.8 Å². The van der Waals surface area contributed by atoms with Crippen molar-refractivity contribution in [3.05, 3.63) is 11.3 Å². The predicted molar refractivity (Wildman–Crippen MR) is 87.5 cm³/mol. The molecule has 10 heteroatoms. The average Bonchev–Trinajstić information content (AvgIpc) is 2.47. The minimum atomic E-state index is -1.28. The Morgan fingerprint density at radius 2 is 2.00 bits per heavy atom. The summed E-state index contributed by atoms with van der Waals surface area (Å²) < 4.78 is 9.97. The number of nitrogens with one attached hydrogen (secondary N) is 1.